The zero-order valence-electron chi connectivity index (χ0n) is 18.1. The number of thiophene rings is 1. The second kappa shape index (κ2) is 9.24. The van der Waals surface area contributed by atoms with Crippen LogP contribution in [0.4, 0.5) is 0 Å². The van der Waals surface area contributed by atoms with Crippen LogP contribution in [-0.2, 0) is 28.9 Å². The van der Waals surface area contributed by atoms with Gasteiger partial charge in [0, 0.05) is 35.8 Å². The lowest BCUT2D eigenvalue weighted by molar-refractivity contribution is -0.147. The molecule has 0 radical (unpaired) electrons. The zero-order chi connectivity index (χ0) is 22.0. The van der Waals surface area contributed by atoms with Crippen molar-refractivity contribution in [2.75, 3.05) is 13.3 Å². The maximum Gasteiger partial charge on any atom is 0.336 e. The Morgan fingerprint density at radius 3 is 2.87 bits per heavy atom. The lowest BCUT2D eigenvalue weighted by atomic mass is 9.97. The molecule has 2 aromatic heterocycles. The third kappa shape index (κ3) is 4.99. The van der Waals surface area contributed by atoms with Crippen molar-refractivity contribution in [3.63, 3.8) is 0 Å². The van der Waals surface area contributed by atoms with Crippen LogP contribution in [0.25, 0.3) is 11.0 Å². The molecule has 31 heavy (non-hydrogen) atoms. The SMILES string of the molecule is Cc1cc(=O)oc2c3c(c(CCC(=O)OC(C)C)cc12)OCN(CCc1cccs1)C3. The molecule has 0 bridgehead atoms. The first-order chi connectivity index (χ1) is 14.9. The van der Waals surface area contributed by atoms with Crippen molar-refractivity contribution in [3.05, 3.63) is 61.6 Å². The molecule has 0 amide bonds. The van der Waals surface area contributed by atoms with E-state index in [0.29, 0.717) is 25.3 Å². The third-order valence-electron chi connectivity index (χ3n) is 5.36. The van der Waals surface area contributed by atoms with E-state index in [9.17, 15) is 9.59 Å². The fraction of sp³-hybridized carbons (Fsp3) is 0.417. The quantitative estimate of drug-likeness (QED) is 0.399. The van der Waals surface area contributed by atoms with Crippen molar-refractivity contribution >= 4 is 28.3 Å². The van der Waals surface area contributed by atoms with Gasteiger partial charge in [-0.2, -0.15) is 0 Å². The summed E-state index contributed by atoms with van der Waals surface area (Å²) in [7, 11) is 0. The monoisotopic (exact) mass is 441 g/mol. The Morgan fingerprint density at radius 2 is 2.13 bits per heavy atom. The molecule has 1 aromatic carbocycles. The maximum absolute atomic E-state index is 12.1. The summed E-state index contributed by atoms with van der Waals surface area (Å²) in [4.78, 5) is 27.7. The highest BCUT2D eigenvalue weighted by Gasteiger charge is 2.25. The predicted octanol–water partition coefficient (Wildman–Crippen LogP) is 4.44. The molecule has 1 aliphatic heterocycles. The molecule has 1 aliphatic rings. The number of carbonyl (C=O) groups is 1. The molecule has 0 saturated heterocycles. The summed E-state index contributed by atoms with van der Waals surface area (Å²) in [6, 6.07) is 7.68. The van der Waals surface area contributed by atoms with Crippen molar-refractivity contribution in [2.45, 2.75) is 52.7 Å². The molecule has 6 nitrogen and oxygen atoms in total. The molecule has 0 aliphatic carbocycles. The molecular weight excluding hydrogens is 414 g/mol. The van der Waals surface area contributed by atoms with Gasteiger partial charge in [-0.25, -0.2) is 4.79 Å². The normalized spacial score (nSPS) is 13.9. The standard InChI is InChI=1S/C24H27NO5S/c1-15(2)29-21(26)7-6-17-12-19-16(3)11-22(27)30-24(19)20-13-25(14-28-23(17)20)9-8-18-5-4-10-31-18/h4-5,10-12,15H,6-9,13-14H2,1-3H3. The van der Waals surface area contributed by atoms with Crippen LogP contribution in [0.5, 0.6) is 5.75 Å². The number of benzene rings is 1. The molecule has 0 fully saturated rings. The molecule has 7 heteroatoms. The van der Waals surface area contributed by atoms with Gasteiger partial charge in [0.25, 0.3) is 0 Å². The van der Waals surface area contributed by atoms with Crippen LogP contribution in [0.1, 0.15) is 41.8 Å². The first-order valence-corrected chi connectivity index (χ1v) is 11.4. The van der Waals surface area contributed by atoms with E-state index in [1.807, 2.05) is 26.8 Å². The van der Waals surface area contributed by atoms with Gasteiger partial charge in [-0.05, 0) is 62.3 Å². The second-order valence-corrected chi connectivity index (χ2v) is 9.19. The molecular formula is C24H27NO5S. The molecule has 3 heterocycles. The molecule has 0 unspecified atom stereocenters. The van der Waals surface area contributed by atoms with Gasteiger partial charge in [0.15, 0.2) is 0 Å². The second-order valence-electron chi connectivity index (χ2n) is 8.16. The van der Waals surface area contributed by atoms with Crippen LogP contribution in [0.2, 0.25) is 0 Å². The number of hydrogen-bond acceptors (Lipinski definition) is 7. The van der Waals surface area contributed by atoms with Crippen LogP contribution in [0, 0.1) is 6.92 Å². The summed E-state index contributed by atoms with van der Waals surface area (Å²) in [5.74, 6) is 0.500. The lowest BCUT2D eigenvalue weighted by Crippen LogP contribution is -2.34. The van der Waals surface area contributed by atoms with E-state index in [1.54, 1.807) is 11.3 Å². The summed E-state index contributed by atoms with van der Waals surface area (Å²) >= 11 is 1.75. The molecule has 0 N–H and O–H groups in total. The number of esters is 1. The summed E-state index contributed by atoms with van der Waals surface area (Å²) in [6.45, 7) is 7.53. The fourth-order valence-corrected chi connectivity index (χ4v) is 4.62. The molecule has 0 spiro atoms. The molecule has 0 atom stereocenters. The number of fused-ring (bicyclic) bond motifs is 3. The molecule has 164 valence electrons. The largest absolute Gasteiger partial charge is 0.477 e. The van der Waals surface area contributed by atoms with Crippen molar-refractivity contribution in [1.29, 1.82) is 0 Å². The van der Waals surface area contributed by atoms with Crippen molar-refractivity contribution < 1.29 is 18.7 Å². The van der Waals surface area contributed by atoms with Gasteiger partial charge < -0.3 is 13.9 Å². The number of ether oxygens (including phenoxy) is 2. The lowest BCUT2D eigenvalue weighted by Gasteiger charge is -2.30. The van der Waals surface area contributed by atoms with E-state index in [4.69, 9.17) is 13.9 Å². The van der Waals surface area contributed by atoms with Crippen molar-refractivity contribution in [1.82, 2.24) is 4.90 Å². The van der Waals surface area contributed by atoms with E-state index in [-0.39, 0.29) is 24.1 Å². The number of carbonyl (C=O) groups excluding carboxylic acids is 1. The van der Waals surface area contributed by atoms with E-state index in [2.05, 4.69) is 22.4 Å². The number of aryl methyl sites for hydroxylation is 2. The Labute approximate surface area is 185 Å². The summed E-state index contributed by atoms with van der Waals surface area (Å²) in [6.07, 6.45) is 1.59. The minimum absolute atomic E-state index is 0.136. The van der Waals surface area contributed by atoms with Gasteiger partial charge in [-0.15, -0.1) is 11.3 Å². The minimum Gasteiger partial charge on any atom is -0.477 e. The van der Waals surface area contributed by atoms with E-state index in [1.165, 1.54) is 10.9 Å². The Bertz CT molecular complexity index is 1130. The van der Waals surface area contributed by atoms with Crippen LogP contribution in [0.15, 0.2) is 38.9 Å². The number of rotatable bonds is 7. The van der Waals surface area contributed by atoms with E-state index < -0.39 is 0 Å². The van der Waals surface area contributed by atoms with Crippen LogP contribution in [-0.4, -0.2) is 30.2 Å². The highest BCUT2D eigenvalue weighted by molar-refractivity contribution is 7.09. The van der Waals surface area contributed by atoms with Gasteiger partial charge in [-0.3, -0.25) is 9.69 Å². The number of hydrogen-bond donors (Lipinski definition) is 0. The average molecular weight is 442 g/mol. The predicted molar refractivity (Wildman–Crippen MR) is 121 cm³/mol. The Hall–Kier alpha value is -2.64. The van der Waals surface area contributed by atoms with E-state index >= 15 is 0 Å². The van der Waals surface area contributed by atoms with E-state index in [0.717, 1.165) is 40.8 Å². The maximum atomic E-state index is 12.1. The minimum atomic E-state index is -0.365. The average Bonchev–Trinajstić information content (AvgIpc) is 3.24. The van der Waals surface area contributed by atoms with Crippen molar-refractivity contribution in [3.8, 4) is 5.75 Å². The molecule has 4 rings (SSSR count). The Kier molecular flexibility index (Phi) is 6.43. The van der Waals surface area contributed by atoms with Gasteiger partial charge in [-0.1, -0.05) is 6.07 Å². The van der Waals surface area contributed by atoms with Gasteiger partial charge in [0.05, 0.1) is 11.7 Å². The summed E-state index contributed by atoms with van der Waals surface area (Å²) in [5, 5.41) is 2.97. The molecule has 3 aromatic rings. The first kappa shape index (κ1) is 21.6. The third-order valence-corrected chi connectivity index (χ3v) is 6.29. The highest BCUT2D eigenvalue weighted by Crippen LogP contribution is 2.37. The van der Waals surface area contributed by atoms with Crippen LogP contribution < -0.4 is 10.4 Å². The van der Waals surface area contributed by atoms with Gasteiger partial charge in [0.2, 0.25) is 0 Å². The Balaban J connectivity index is 1.64. The molecule has 0 saturated carbocycles. The first-order valence-electron chi connectivity index (χ1n) is 10.6. The smallest absolute Gasteiger partial charge is 0.336 e. The Morgan fingerprint density at radius 1 is 1.29 bits per heavy atom. The van der Waals surface area contributed by atoms with Crippen molar-refractivity contribution in [2.24, 2.45) is 0 Å². The zero-order valence-corrected chi connectivity index (χ0v) is 18.9. The fourth-order valence-electron chi connectivity index (χ4n) is 3.92. The number of nitrogens with zero attached hydrogens (tertiary/aromatic N) is 1. The van der Waals surface area contributed by atoms with Crippen LogP contribution in [0.3, 0.4) is 0 Å². The summed E-state index contributed by atoms with van der Waals surface area (Å²) in [5.41, 5.74) is 2.89. The van der Waals surface area contributed by atoms with Gasteiger partial charge in [0.1, 0.15) is 18.1 Å². The van der Waals surface area contributed by atoms with Crippen LogP contribution >= 0.6 is 11.3 Å². The van der Waals surface area contributed by atoms with Gasteiger partial charge >= 0.3 is 11.6 Å². The summed E-state index contributed by atoms with van der Waals surface area (Å²) < 4.78 is 17.1. The topological polar surface area (TPSA) is 69.0 Å². The highest BCUT2D eigenvalue weighted by atomic mass is 32.1.